The van der Waals surface area contributed by atoms with Crippen LogP contribution in [0.5, 0.6) is 0 Å². The van der Waals surface area contributed by atoms with E-state index in [0.717, 1.165) is 0 Å². The average molecular weight is 133 g/mol. The van der Waals surface area contributed by atoms with Crippen molar-refractivity contribution in [2.45, 2.75) is 0 Å². The summed E-state index contributed by atoms with van der Waals surface area (Å²) in [5, 5.41) is 1.61. The number of hydrogen-bond donors (Lipinski definition) is 0. The minimum atomic E-state index is 0.616. The maximum absolute atomic E-state index is 3.97. The zero-order valence-electron chi connectivity index (χ0n) is 5.18. The first kappa shape index (κ1) is 5.22. The molecule has 0 spiro atoms. The van der Waals surface area contributed by atoms with Gasteiger partial charge in [0.2, 0.25) is 5.96 Å². The molecular formula is C6H5N4. The summed E-state index contributed by atoms with van der Waals surface area (Å²) in [6, 6.07) is 0. The number of nitrogens with zero attached hydrogens (tertiary/aromatic N) is 4. The molecule has 0 aliphatic carbocycles. The fourth-order valence-corrected chi connectivity index (χ4v) is 0.740. The predicted molar refractivity (Wildman–Crippen MR) is 38.2 cm³/mol. The van der Waals surface area contributed by atoms with Crippen molar-refractivity contribution >= 4 is 12.2 Å². The molecule has 0 fully saturated rings. The summed E-state index contributed by atoms with van der Waals surface area (Å²) < 4.78 is 0. The van der Waals surface area contributed by atoms with E-state index in [0.29, 0.717) is 5.96 Å². The molecule has 0 bridgehead atoms. The van der Waals surface area contributed by atoms with Crippen molar-refractivity contribution in [1.82, 2.24) is 10.4 Å². The Morgan fingerprint density at radius 2 is 2.30 bits per heavy atom. The predicted octanol–water partition coefficient (Wildman–Crippen LogP) is 0.247. The van der Waals surface area contributed by atoms with Crippen LogP contribution in [0, 0.1) is 0 Å². The van der Waals surface area contributed by atoms with Crippen molar-refractivity contribution in [3.63, 3.8) is 0 Å². The fourth-order valence-electron chi connectivity index (χ4n) is 0.740. The van der Waals surface area contributed by atoms with Crippen LogP contribution in [0.2, 0.25) is 0 Å². The van der Waals surface area contributed by atoms with Gasteiger partial charge in [-0.05, 0) is 6.08 Å². The van der Waals surface area contributed by atoms with Crippen molar-refractivity contribution in [2.24, 2.45) is 9.98 Å². The molecule has 0 saturated heterocycles. The lowest BCUT2D eigenvalue weighted by Gasteiger charge is -2.19. The number of allylic oxidation sites excluding steroid dienone is 1. The molecule has 0 aromatic rings. The lowest BCUT2D eigenvalue weighted by Crippen LogP contribution is -2.32. The van der Waals surface area contributed by atoms with E-state index in [-0.39, 0.29) is 0 Å². The fraction of sp³-hybridized carbons (Fsp3) is 0. The van der Waals surface area contributed by atoms with Gasteiger partial charge in [-0.1, -0.05) is 0 Å². The van der Waals surface area contributed by atoms with Gasteiger partial charge >= 0.3 is 0 Å². The summed E-state index contributed by atoms with van der Waals surface area (Å²) in [6.07, 6.45) is 8.53. The minimum absolute atomic E-state index is 0.616. The highest BCUT2D eigenvalue weighted by Crippen LogP contribution is 2.01. The minimum Gasteiger partial charge on any atom is -0.220 e. The van der Waals surface area contributed by atoms with Crippen LogP contribution in [0.1, 0.15) is 0 Å². The zero-order valence-corrected chi connectivity index (χ0v) is 5.18. The molecule has 0 atom stereocenters. The molecule has 1 radical (unpaired) electrons. The molecule has 0 unspecified atom stereocenters. The lowest BCUT2D eigenvalue weighted by molar-refractivity contribution is 0.454. The van der Waals surface area contributed by atoms with Gasteiger partial charge in [0.15, 0.2) is 0 Å². The molecule has 0 saturated carbocycles. The van der Waals surface area contributed by atoms with E-state index in [1.54, 1.807) is 29.8 Å². The second-order valence-electron chi connectivity index (χ2n) is 1.81. The molecule has 0 N–H and O–H groups in total. The quantitative estimate of drug-likeness (QED) is 0.467. The van der Waals surface area contributed by atoms with E-state index in [4.69, 9.17) is 0 Å². The van der Waals surface area contributed by atoms with Crippen LogP contribution in [0.25, 0.3) is 0 Å². The van der Waals surface area contributed by atoms with E-state index < -0.39 is 0 Å². The Balaban J connectivity index is 2.34. The normalized spacial score (nSPS) is 20.0. The maximum Gasteiger partial charge on any atom is 0.250 e. The molecule has 49 valence electrons. The molecule has 2 heterocycles. The van der Waals surface area contributed by atoms with Crippen molar-refractivity contribution in [2.75, 3.05) is 0 Å². The highest BCUT2D eigenvalue weighted by atomic mass is 15.6. The molecule has 10 heavy (non-hydrogen) atoms. The van der Waals surface area contributed by atoms with Crippen molar-refractivity contribution in [3.8, 4) is 0 Å². The van der Waals surface area contributed by atoms with Crippen LogP contribution in [0.15, 0.2) is 34.7 Å². The first-order valence-corrected chi connectivity index (χ1v) is 2.90. The van der Waals surface area contributed by atoms with E-state index in [9.17, 15) is 0 Å². The summed E-state index contributed by atoms with van der Waals surface area (Å²) in [6.45, 7) is 0. The second kappa shape index (κ2) is 1.98. The number of fused-ring (bicyclic) bond motifs is 1. The Hall–Kier alpha value is -1.58. The zero-order chi connectivity index (χ0) is 6.81. The molecule has 2 aliphatic heterocycles. The van der Waals surface area contributed by atoms with Crippen LogP contribution < -0.4 is 5.43 Å². The van der Waals surface area contributed by atoms with Gasteiger partial charge in [0.1, 0.15) is 0 Å². The smallest absolute Gasteiger partial charge is 0.220 e. The maximum atomic E-state index is 3.97. The second-order valence-corrected chi connectivity index (χ2v) is 1.81. The Morgan fingerprint density at radius 3 is 3.20 bits per heavy atom. The van der Waals surface area contributed by atoms with Gasteiger partial charge in [-0.15, -0.1) is 0 Å². The molecule has 2 aliphatic rings. The van der Waals surface area contributed by atoms with Gasteiger partial charge < -0.3 is 0 Å². The van der Waals surface area contributed by atoms with Crippen LogP contribution in [0.4, 0.5) is 0 Å². The Morgan fingerprint density at radius 1 is 1.30 bits per heavy atom. The van der Waals surface area contributed by atoms with E-state index in [1.165, 1.54) is 0 Å². The van der Waals surface area contributed by atoms with Crippen molar-refractivity contribution in [3.05, 3.63) is 24.7 Å². The summed E-state index contributed by atoms with van der Waals surface area (Å²) in [4.78, 5) is 7.94. The molecular weight excluding hydrogens is 128 g/mol. The molecule has 0 aromatic carbocycles. The first-order chi connectivity index (χ1) is 4.97. The third-order valence-corrected chi connectivity index (χ3v) is 1.16. The van der Waals surface area contributed by atoms with Crippen molar-refractivity contribution in [1.29, 1.82) is 0 Å². The van der Waals surface area contributed by atoms with Gasteiger partial charge in [0.25, 0.3) is 0 Å². The van der Waals surface area contributed by atoms with E-state index in [2.05, 4.69) is 15.4 Å². The van der Waals surface area contributed by atoms with Crippen LogP contribution in [-0.2, 0) is 0 Å². The number of rotatable bonds is 0. The third kappa shape index (κ3) is 0.699. The lowest BCUT2D eigenvalue weighted by atomic mass is 10.5. The monoisotopic (exact) mass is 133 g/mol. The molecule has 4 heteroatoms. The first-order valence-electron chi connectivity index (χ1n) is 2.90. The molecule has 2 rings (SSSR count). The molecule has 0 aromatic heterocycles. The standard InChI is InChI=1S/C6H5N4/c1-2-7-6-8-3-4-9-10(6)5-1/h1-5H. The van der Waals surface area contributed by atoms with Gasteiger partial charge in [0.05, 0.1) is 12.4 Å². The number of guanidine groups is 1. The highest BCUT2D eigenvalue weighted by Gasteiger charge is 2.10. The van der Waals surface area contributed by atoms with E-state index >= 15 is 0 Å². The van der Waals surface area contributed by atoms with Crippen molar-refractivity contribution < 1.29 is 0 Å². The van der Waals surface area contributed by atoms with E-state index in [1.807, 2.05) is 6.08 Å². The average Bonchev–Trinajstić information content (AvgIpc) is 2.05. The summed E-state index contributed by atoms with van der Waals surface area (Å²) in [5.41, 5.74) is 3.97. The van der Waals surface area contributed by atoms with Gasteiger partial charge in [0, 0.05) is 12.4 Å². The Bertz CT molecular complexity index is 248. The summed E-state index contributed by atoms with van der Waals surface area (Å²) in [5.74, 6) is 0.616. The van der Waals surface area contributed by atoms with Crippen LogP contribution in [-0.4, -0.2) is 17.2 Å². The number of hydrogen-bond acceptors (Lipinski definition) is 3. The van der Waals surface area contributed by atoms with Crippen LogP contribution >= 0.6 is 0 Å². The molecule has 0 amide bonds. The Labute approximate surface area is 58.2 Å². The topological polar surface area (TPSA) is 42.1 Å². The summed E-state index contributed by atoms with van der Waals surface area (Å²) in [7, 11) is 0. The highest BCUT2D eigenvalue weighted by molar-refractivity contribution is 5.94. The van der Waals surface area contributed by atoms with Crippen LogP contribution in [0.3, 0.4) is 0 Å². The number of aliphatic imine (C=N–C) groups is 2. The molecule has 4 nitrogen and oxygen atoms in total. The SMILES string of the molecule is C1=CN2[N]C=CN=C2N=C1. The van der Waals surface area contributed by atoms with Gasteiger partial charge in [-0.3, -0.25) is 0 Å². The van der Waals surface area contributed by atoms with Gasteiger partial charge in [-0.2, -0.15) is 5.43 Å². The van der Waals surface area contributed by atoms with Gasteiger partial charge in [-0.25, -0.2) is 15.0 Å². The Kier molecular flexibility index (Phi) is 1.04. The largest absolute Gasteiger partial charge is 0.250 e. The third-order valence-electron chi connectivity index (χ3n) is 1.16. The summed E-state index contributed by atoms with van der Waals surface area (Å²) >= 11 is 0.